The Bertz CT molecular complexity index is 2100. The molecule has 2 saturated heterocycles. The van der Waals surface area contributed by atoms with Gasteiger partial charge in [0.1, 0.15) is 24.2 Å². The molecule has 1 N–H and O–H groups in total. The van der Waals surface area contributed by atoms with Gasteiger partial charge in [-0.15, -0.1) is 11.3 Å². The molecule has 13 heteroatoms. The number of aryl methyl sites for hydroxylation is 1. The van der Waals surface area contributed by atoms with E-state index in [1.165, 1.54) is 36.7 Å². The molecule has 0 saturated carbocycles. The highest BCUT2D eigenvalue weighted by atomic mass is 32.1. The van der Waals surface area contributed by atoms with Crippen molar-refractivity contribution in [2.24, 2.45) is 0 Å². The van der Waals surface area contributed by atoms with E-state index in [4.69, 9.17) is 14.5 Å². The third kappa shape index (κ3) is 4.83. The third-order valence-electron chi connectivity index (χ3n) is 9.10. The molecule has 0 bridgehead atoms. The number of H-pyrrole nitrogens is 1. The lowest BCUT2D eigenvalue weighted by atomic mass is 9.95. The topological polar surface area (TPSA) is 89.0 Å². The van der Waals surface area contributed by atoms with Gasteiger partial charge in [-0.1, -0.05) is 30.3 Å². The Balaban J connectivity index is 1.29. The van der Waals surface area contributed by atoms with E-state index in [1.807, 2.05) is 30.3 Å². The number of fused-ring (bicyclic) bond motifs is 5. The minimum absolute atomic E-state index is 0.0708. The number of benzene rings is 2. The van der Waals surface area contributed by atoms with Crippen LogP contribution in [-0.4, -0.2) is 61.5 Å². The summed E-state index contributed by atoms with van der Waals surface area (Å²) in [5, 5.41) is 8.50. The number of halogens is 4. The molecule has 0 radical (unpaired) electrons. The van der Waals surface area contributed by atoms with Gasteiger partial charge in [-0.3, -0.25) is 15.0 Å². The normalized spacial score (nSPS) is 20.2. The summed E-state index contributed by atoms with van der Waals surface area (Å²) in [6, 6.07) is 12.9. The number of thiophene rings is 1. The van der Waals surface area contributed by atoms with Gasteiger partial charge in [0.25, 0.3) is 0 Å². The standard InChI is InChI=1S/C33H28F4N6O2S/c1-18-12-20-14-39-42-26(20)24(25(18)33(35,36)37)27-28-22(8-10-38-27)23-29(44-16-19-6-3-2-4-7-19)40-31(41-30(23)46-28)45-17-32-9-5-11-43(32)15-21(34)13-32/h2-4,6-8,10,12,14,21H,5,9,11,13,15-17H2,1H3,(H,39,42)/t21-,32+/m1/s1. The van der Waals surface area contributed by atoms with E-state index in [-0.39, 0.29) is 47.4 Å². The molecule has 6 aromatic rings. The number of pyridine rings is 1. The van der Waals surface area contributed by atoms with Crippen LogP contribution in [-0.2, 0) is 12.8 Å². The van der Waals surface area contributed by atoms with E-state index < -0.39 is 23.5 Å². The maximum atomic E-state index is 14.6. The van der Waals surface area contributed by atoms with Crippen molar-refractivity contribution < 1.29 is 27.0 Å². The number of ether oxygens (including phenoxy) is 2. The van der Waals surface area contributed by atoms with Crippen LogP contribution in [0.3, 0.4) is 0 Å². The fraction of sp³-hybridized carbons (Fsp3) is 0.333. The molecule has 8 nitrogen and oxygen atoms in total. The number of aromatic nitrogens is 5. The Morgan fingerprint density at radius 2 is 1.98 bits per heavy atom. The van der Waals surface area contributed by atoms with Crippen LogP contribution in [0.5, 0.6) is 11.9 Å². The number of hydrogen-bond donors (Lipinski definition) is 1. The maximum Gasteiger partial charge on any atom is 0.417 e. The molecular weight excluding hydrogens is 620 g/mol. The average Bonchev–Trinajstić information content (AvgIpc) is 3.80. The summed E-state index contributed by atoms with van der Waals surface area (Å²) in [7, 11) is 0. The Morgan fingerprint density at radius 1 is 1.13 bits per heavy atom. The van der Waals surface area contributed by atoms with Crippen molar-refractivity contribution in [3.05, 3.63) is 71.5 Å². The Kier molecular flexibility index (Phi) is 6.87. The fourth-order valence-corrected chi connectivity index (χ4v) is 8.25. The van der Waals surface area contributed by atoms with E-state index in [0.717, 1.165) is 24.9 Å². The first kappa shape index (κ1) is 29.1. The highest BCUT2D eigenvalue weighted by Crippen LogP contribution is 2.48. The van der Waals surface area contributed by atoms with Crippen molar-refractivity contribution in [1.82, 2.24) is 30.0 Å². The number of rotatable bonds is 7. The third-order valence-corrected chi connectivity index (χ3v) is 10.2. The van der Waals surface area contributed by atoms with Crippen molar-refractivity contribution in [1.29, 1.82) is 0 Å². The van der Waals surface area contributed by atoms with Gasteiger partial charge in [-0.05, 0) is 49.6 Å². The molecule has 6 heterocycles. The van der Waals surface area contributed by atoms with Gasteiger partial charge in [0.15, 0.2) is 0 Å². The molecule has 2 aromatic carbocycles. The van der Waals surface area contributed by atoms with Crippen LogP contribution in [0.15, 0.2) is 54.9 Å². The lowest BCUT2D eigenvalue weighted by molar-refractivity contribution is -0.137. The lowest BCUT2D eigenvalue weighted by Crippen LogP contribution is -2.43. The van der Waals surface area contributed by atoms with Crippen LogP contribution in [0.25, 0.3) is 42.5 Å². The molecule has 0 unspecified atom stereocenters. The Hall–Kier alpha value is -4.36. The van der Waals surface area contributed by atoms with E-state index >= 15 is 0 Å². The Morgan fingerprint density at radius 3 is 2.80 bits per heavy atom. The van der Waals surface area contributed by atoms with Gasteiger partial charge >= 0.3 is 12.2 Å². The van der Waals surface area contributed by atoms with Crippen molar-refractivity contribution in [2.45, 2.75) is 50.7 Å². The molecule has 0 spiro atoms. The summed E-state index contributed by atoms with van der Waals surface area (Å²) in [5.41, 5.74) is 0.124. The maximum absolute atomic E-state index is 14.6. The molecule has 2 atom stereocenters. The van der Waals surface area contributed by atoms with E-state index in [2.05, 4.69) is 25.1 Å². The summed E-state index contributed by atoms with van der Waals surface area (Å²) < 4.78 is 71.2. The van der Waals surface area contributed by atoms with Gasteiger partial charge in [-0.2, -0.15) is 28.2 Å². The number of hydrogen-bond acceptors (Lipinski definition) is 8. The molecule has 8 rings (SSSR count). The van der Waals surface area contributed by atoms with Crippen LogP contribution in [0.4, 0.5) is 17.6 Å². The predicted molar refractivity (Wildman–Crippen MR) is 167 cm³/mol. The second-order valence-electron chi connectivity index (χ2n) is 12.0. The first-order chi connectivity index (χ1) is 22.2. The zero-order chi connectivity index (χ0) is 31.6. The largest absolute Gasteiger partial charge is 0.472 e. The van der Waals surface area contributed by atoms with E-state index in [1.54, 1.807) is 6.07 Å². The van der Waals surface area contributed by atoms with Crippen molar-refractivity contribution >= 4 is 42.5 Å². The first-order valence-electron chi connectivity index (χ1n) is 15.0. The van der Waals surface area contributed by atoms with Crippen LogP contribution in [0.1, 0.15) is 36.0 Å². The highest BCUT2D eigenvalue weighted by molar-refractivity contribution is 7.26. The van der Waals surface area contributed by atoms with Crippen molar-refractivity contribution in [3.63, 3.8) is 0 Å². The molecule has 0 aliphatic carbocycles. The van der Waals surface area contributed by atoms with Crippen LogP contribution >= 0.6 is 11.3 Å². The summed E-state index contributed by atoms with van der Waals surface area (Å²) in [6.07, 6.45) is -0.374. The smallest absolute Gasteiger partial charge is 0.417 e. The number of nitrogens with one attached hydrogen (secondary N) is 1. The monoisotopic (exact) mass is 648 g/mol. The Labute approximate surface area is 264 Å². The first-order valence-corrected chi connectivity index (χ1v) is 15.8. The lowest BCUT2D eigenvalue weighted by Gasteiger charge is -2.30. The summed E-state index contributed by atoms with van der Waals surface area (Å²) in [6.45, 7) is 3.08. The van der Waals surface area contributed by atoms with E-state index in [9.17, 15) is 17.6 Å². The molecule has 236 valence electrons. The predicted octanol–water partition coefficient (Wildman–Crippen LogP) is 7.64. The fourth-order valence-electron chi connectivity index (χ4n) is 7.11. The molecule has 0 amide bonds. The molecular formula is C33H28F4N6O2S. The highest BCUT2D eigenvalue weighted by Gasteiger charge is 2.49. The number of aromatic amines is 1. The van der Waals surface area contributed by atoms with Crippen molar-refractivity contribution in [2.75, 3.05) is 19.7 Å². The number of alkyl halides is 4. The molecule has 4 aromatic heterocycles. The van der Waals surface area contributed by atoms with Crippen LogP contribution < -0.4 is 9.47 Å². The van der Waals surface area contributed by atoms with Crippen molar-refractivity contribution in [3.8, 4) is 23.1 Å². The zero-order valence-electron chi connectivity index (χ0n) is 24.7. The molecule has 2 fully saturated rings. The minimum atomic E-state index is -4.64. The summed E-state index contributed by atoms with van der Waals surface area (Å²) >= 11 is 1.20. The molecule has 2 aliphatic heterocycles. The average molecular weight is 649 g/mol. The van der Waals surface area contributed by atoms with Gasteiger partial charge in [0.2, 0.25) is 5.88 Å². The van der Waals surface area contributed by atoms with Gasteiger partial charge in [0, 0.05) is 35.5 Å². The summed E-state index contributed by atoms with van der Waals surface area (Å²) in [5.74, 6) is 0.245. The zero-order valence-corrected chi connectivity index (χ0v) is 25.5. The van der Waals surface area contributed by atoms with Gasteiger partial charge in [-0.25, -0.2) is 4.39 Å². The van der Waals surface area contributed by atoms with E-state index in [0.29, 0.717) is 38.7 Å². The van der Waals surface area contributed by atoms with Crippen LogP contribution in [0, 0.1) is 6.92 Å². The molecule has 46 heavy (non-hydrogen) atoms. The second kappa shape index (κ2) is 10.9. The summed E-state index contributed by atoms with van der Waals surface area (Å²) in [4.78, 5) is 16.5. The van der Waals surface area contributed by atoms with Crippen LogP contribution in [0.2, 0.25) is 0 Å². The molecule has 2 aliphatic rings. The SMILES string of the molecule is Cc1cc2cn[nH]c2c(-c2nccc3c2sc2nc(OC[C@@]45CCCN4C[C@H](F)C5)nc(OCc4ccccc4)c23)c1C(F)(F)F. The quantitative estimate of drug-likeness (QED) is 0.178. The second-order valence-corrected chi connectivity index (χ2v) is 13.0. The number of nitrogens with zero attached hydrogens (tertiary/aromatic N) is 5. The van der Waals surface area contributed by atoms with Gasteiger partial charge in [0.05, 0.1) is 38.6 Å². The minimum Gasteiger partial charge on any atom is -0.472 e. The van der Waals surface area contributed by atoms with Gasteiger partial charge < -0.3 is 9.47 Å².